The summed E-state index contributed by atoms with van der Waals surface area (Å²) in [6.07, 6.45) is 1.51. The van der Waals surface area contributed by atoms with Crippen LogP contribution in [0, 0.1) is 12.8 Å². The second-order valence-corrected chi connectivity index (χ2v) is 9.23. The molecular weight excluding hydrogens is 490 g/mol. The lowest BCUT2D eigenvalue weighted by molar-refractivity contribution is -0.123. The number of carbonyl (C=O) groups is 2. The molecule has 0 bridgehead atoms. The second-order valence-electron chi connectivity index (χ2n) is 8.82. The minimum Gasteiger partial charge on any atom is -0.490 e. The Kier molecular flexibility index (Phi) is 10.1. The summed E-state index contributed by atoms with van der Waals surface area (Å²) in [5, 5.41) is 7.13. The van der Waals surface area contributed by atoms with Crippen molar-refractivity contribution >= 4 is 29.6 Å². The van der Waals surface area contributed by atoms with E-state index in [4.69, 9.17) is 21.1 Å². The molecule has 0 spiro atoms. The number of ether oxygens (including phenoxy) is 2. The highest BCUT2D eigenvalue weighted by molar-refractivity contribution is 6.33. The van der Waals surface area contributed by atoms with E-state index < -0.39 is 17.9 Å². The molecule has 1 atom stereocenters. The molecule has 3 aromatic carbocycles. The average Bonchev–Trinajstić information content (AvgIpc) is 2.87. The Hall–Kier alpha value is -3.84. The molecule has 0 aliphatic rings. The van der Waals surface area contributed by atoms with E-state index in [1.54, 1.807) is 30.3 Å². The fraction of sp³-hybridized carbons (Fsp3) is 0.276. The number of hydrazone groups is 1. The van der Waals surface area contributed by atoms with E-state index in [0.29, 0.717) is 40.9 Å². The maximum absolute atomic E-state index is 12.8. The number of rotatable bonds is 11. The Labute approximate surface area is 222 Å². The van der Waals surface area contributed by atoms with E-state index in [1.807, 2.05) is 64.1 Å². The molecule has 0 fully saturated rings. The smallest absolute Gasteiger partial charge is 0.262 e. The molecule has 3 aromatic rings. The molecule has 0 saturated heterocycles. The lowest BCUT2D eigenvalue weighted by atomic mass is 10.0. The van der Waals surface area contributed by atoms with Crippen LogP contribution >= 0.6 is 11.6 Å². The van der Waals surface area contributed by atoms with Crippen LogP contribution in [0.4, 0.5) is 0 Å². The first-order valence-corrected chi connectivity index (χ1v) is 12.5. The quantitative estimate of drug-likeness (QED) is 0.256. The van der Waals surface area contributed by atoms with Gasteiger partial charge in [0.1, 0.15) is 12.6 Å². The zero-order chi connectivity index (χ0) is 26.8. The molecule has 7 nitrogen and oxygen atoms in total. The third kappa shape index (κ3) is 8.08. The number of carbonyl (C=O) groups excluding carboxylic acids is 2. The van der Waals surface area contributed by atoms with Gasteiger partial charge >= 0.3 is 0 Å². The topological polar surface area (TPSA) is 89.0 Å². The van der Waals surface area contributed by atoms with Crippen molar-refractivity contribution in [3.05, 3.63) is 94.0 Å². The first kappa shape index (κ1) is 27.7. The van der Waals surface area contributed by atoms with Gasteiger partial charge in [0.05, 0.1) is 23.4 Å². The van der Waals surface area contributed by atoms with Crippen LogP contribution in [0.25, 0.3) is 0 Å². The van der Waals surface area contributed by atoms with Gasteiger partial charge in [-0.3, -0.25) is 9.59 Å². The van der Waals surface area contributed by atoms with Gasteiger partial charge in [0.25, 0.3) is 11.8 Å². The highest BCUT2D eigenvalue weighted by Crippen LogP contribution is 2.29. The molecule has 0 radical (unpaired) electrons. The summed E-state index contributed by atoms with van der Waals surface area (Å²) in [6, 6.07) is 19.5. The molecule has 0 aliphatic carbocycles. The summed E-state index contributed by atoms with van der Waals surface area (Å²) in [5.74, 6) is 0.166. The maximum Gasteiger partial charge on any atom is 0.262 e. The lowest BCUT2D eigenvalue weighted by Gasteiger charge is -2.20. The third-order valence-corrected chi connectivity index (χ3v) is 5.85. The number of nitrogens with zero attached hydrogens (tertiary/aromatic N) is 1. The molecule has 2 amide bonds. The van der Waals surface area contributed by atoms with Gasteiger partial charge in [-0.25, -0.2) is 5.43 Å². The number of aryl methyl sites for hydroxylation is 1. The molecule has 0 heterocycles. The number of nitrogens with one attached hydrogen (secondary N) is 2. The monoisotopic (exact) mass is 521 g/mol. The van der Waals surface area contributed by atoms with Crippen LogP contribution in [0.15, 0.2) is 71.8 Å². The van der Waals surface area contributed by atoms with Crippen LogP contribution in [0.2, 0.25) is 5.02 Å². The molecule has 0 saturated carbocycles. The Morgan fingerprint density at radius 3 is 2.41 bits per heavy atom. The van der Waals surface area contributed by atoms with Gasteiger partial charge in [0.2, 0.25) is 0 Å². The van der Waals surface area contributed by atoms with Crippen molar-refractivity contribution < 1.29 is 19.1 Å². The number of halogens is 1. The Balaban J connectivity index is 1.64. The fourth-order valence-corrected chi connectivity index (χ4v) is 3.70. The summed E-state index contributed by atoms with van der Waals surface area (Å²) in [6.45, 7) is 8.50. The van der Waals surface area contributed by atoms with Crippen molar-refractivity contribution in [1.29, 1.82) is 0 Å². The highest BCUT2D eigenvalue weighted by atomic mass is 35.5. The largest absolute Gasteiger partial charge is 0.490 e. The van der Waals surface area contributed by atoms with Crippen molar-refractivity contribution in [2.75, 3.05) is 6.61 Å². The number of benzene rings is 3. The van der Waals surface area contributed by atoms with Gasteiger partial charge in [-0.2, -0.15) is 5.10 Å². The van der Waals surface area contributed by atoms with Crippen LogP contribution in [0.3, 0.4) is 0 Å². The van der Waals surface area contributed by atoms with Crippen molar-refractivity contribution in [2.45, 2.75) is 40.3 Å². The molecular formula is C29H32ClN3O4. The van der Waals surface area contributed by atoms with E-state index in [0.717, 1.165) is 5.56 Å². The zero-order valence-electron chi connectivity index (χ0n) is 21.5. The maximum atomic E-state index is 12.8. The van der Waals surface area contributed by atoms with Crippen LogP contribution in [0.1, 0.15) is 47.8 Å². The minimum atomic E-state index is -0.794. The van der Waals surface area contributed by atoms with Gasteiger partial charge in [-0.15, -0.1) is 0 Å². The van der Waals surface area contributed by atoms with Crippen LogP contribution in [0.5, 0.6) is 11.5 Å². The Morgan fingerprint density at radius 1 is 1.00 bits per heavy atom. The minimum absolute atomic E-state index is 0.170. The molecule has 0 aliphatic heterocycles. The first-order chi connectivity index (χ1) is 17.8. The average molecular weight is 522 g/mol. The molecule has 1 unspecified atom stereocenters. The Bertz CT molecular complexity index is 1240. The zero-order valence-corrected chi connectivity index (χ0v) is 22.2. The highest BCUT2D eigenvalue weighted by Gasteiger charge is 2.25. The van der Waals surface area contributed by atoms with Gasteiger partial charge in [0, 0.05) is 0 Å². The van der Waals surface area contributed by atoms with Crippen LogP contribution in [-0.4, -0.2) is 30.7 Å². The molecule has 2 N–H and O–H groups in total. The lowest BCUT2D eigenvalue weighted by Crippen LogP contribution is -2.48. The molecule has 3 rings (SSSR count). The first-order valence-electron chi connectivity index (χ1n) is 12.1. The standard InChI is InChI=1S/C29H32ClN3O4/c1-5-36-26-16-22(14-15-25(26)37-18-21-12-10-20(4)11-13-21)17-31-33-29(35)27(19(2)3)32-28(34)23-8-6-7-9-24(23)30/h6-17,19,27H,5,18H2,1-4H3,(H,32,34)(H,33,35)/b31-17-. The third-order valence-electron chi connectivity index (χ3n) is 5.53. The summed E-state index contributed by atoms with van der Waals surface area (Å²) in [7, 11) is 0. The summed E-state index contributed by atoms with van der Waals surface area (Å²) >= 11 is 6.11. The van der Waals surface area contributed by atoms with E-state index in [-0.39, 0.29) is 5.92 Å². The molecule has 194 valence electrons. The second kappa shape index (κ2) is 13.5. The summed E-state index contributed by atoms with van der Waals surface area (Å²) < 4.78 is 11.7. The number of hydrogen-bond acceptors (Lipinski definition) is 5. The fourth-order valence-electron chi connectivity index (χ4n) is 3.48. The van der Waals surface area contributed by atoms with Gasteiger partial charge < -0.3 is 14.8 Å². The van der Waals surface area contributed by atoms with E-state index in [1.165, 1.54) is 11.8 Å². The van der Waals surface area contributed by atoms with Gasteiger partial charge in [-0.1, -0.05) is 67.4 Å². The molecule has 0 aromatic heterocycles. The van der Waals surface area contributed by atoms with Crippen molar-refractivity contribution in [2.24, 2.45) is 11.0 Å². The van der Waals surface area contributed by atoms with Crippen molar-refractivity contribution in [3.8, 4) is 11.5 Å². The van der Waals surface area contributed by atoms with Gasteiger partial charge in [0.15, 0.2) is 11.5 Å². The normalized spacial score (nSPS) is 11.8. The predicted octanol–water partition coefficient (Wildman–Crippen LogP) is 5.53. The van der Waals surface area contributed by atoms with Crippen molar-refractivity contribution in [3.63, 3.8) is 0 Å². The molecule has 37 heavy (non-hydrogen) atoms. The van der Waals surface area contributed by atoms with Crippen LogP contribution < -0.4 is 20.2 Å². The summed E-state index contributed by atoms with van der Waals surface area (Å²) in [5.41, 5.74) is 5.78. The summed E-state index contributed by atoms with van der Waals surface area (Å²) in [4.78, 5) is 25.4. The number of hydrogen-bond donors (Lipinski definition) is 2. The number of amides is 2. The van der Waals surface area contributed by atoms with E-state index in [2.05, 4.69) is 15.8 Å². The Morgan fingerprint density at radius 2 is 1.73 bits per heavy atom. The SMILES string of the molecule is CCOc1cc(/C=N\NC(=O)C(NC(=O)c2ccccc2Cl)C(C)C)ccc1OCc1ccc(C)cc1. The molecule has 8 heteroatoms. The van der Waals surface area contributed by atoms with E-state index in [9.17, 15) is 9.59 Å². The predicted molar refractivity (Wildman–Crippen MR) is 146 cm³/mol. The van der Waals surface area contributed by atoms with Crippen LogP contribution in [-0.2, 0) is 11.4 Å². The van der Waals surface area contributed by atoms with Crippen molar-refractivity contribution in [1.82, 2.24) is 10.7 Å². The van der Waals surface area contributed by atoms with E-state index >= 15 is 0 Å². The van der Waals surface area contributed by atoms with Gasteiger partial charge in [-0.05, 0) is 61.2 Å².